The Bertz CT molecular complexity index is 502. The van der Waals surface area contributed by atoms with Crippen molar-refractivity contribution < 1.29 is 8.42 Å². The number of rotatable bonds is 1. The molecule has 1 fully saturated rings. The Labute approximate surface area is 104 Å². The second-order valence-corrected chi connectivity index (χ2v) is 6.29. The lowest BCUT2D eigenvalue weighted by Gasteiger charge is -2.28. The number of nitrogens with zero attached hydrogens (tertiary/aromatic N) is 1. The van der Waals surface area contributed by atoms with E-state index in [0.717, 1.165) is 16.5 Å². The van der Waals surface area contributed by atoms with Gasteiger partial charge in [0, 0.05) is 17.6 Å². The number of anilines is 1. The van der Waals surface area contributed by atoms with Crippen molar-refractivity contribution in [3.63, 3.8) is 0 Å². The van der Waals surface area contributed by atoms with Gasteiger partial charge in [0.25, 0.3) is 0 Å². The minimum absolute atomic E-state index is 0.522. The van der Waals surface area contributed by atoms with Crippen molar-refractivity contribution in [3.05, 3.63) is 28.2 Å². The van der Waals surface area contributed by atoms with Crippen molar-refractivity contribution in [2.45, 2.75) is 13.3 Å². The Kier molecular flexibility index (Phi) is 3.23. The number of halogens is 1. The molecule has 2 rings (SSSR count). The molecule has 1 aliphatic heterocycles. The molecule has 1 aliphatic rings. The van der Waals surface area contributed by atoms with E-state index in [-0.39, 0.29) is 0 Å². The zero-order chi connectivity index (χ0) is 11.8. The molecule has 0 radical (unpaired) electrons. The van der Waals surface area contributed by atoms with E-state index in [1.54, 1.807) is 0 Å². The van der Waals surface area contributed by atoms with Crippen LogP contribution in [-0.2, 0) is 10.2 Å². The SMILES string of the molecule is Cc1cc(N2CCCNS2(=O)=O)ccc1Br. The Morgan fingerprint density at radius 3 is 2.81 bits per heavy atom. The Balaban J connectivity index is 2.39. The number of aryl methyl sites for hydroxylation is 1. The minimum Gasteiger partial charge on any atom is -0.258 e. The standard InChI is InChI=1S/C10H13BrN2O2S/c1-8-7-9(3-4-10(8)11)13-6-2-5-12-16(13,14)15/h3-4,7,12H,2,5-6H2,1H3. The van der Waals surface area contributed by atoms with Gasteiger partial charge in [0.05, 0.1) is 5.69 Å². The molecule has 0 spiro atoms. The molecule has 0 atom stereocenters. The molecule has 1 aromatic carbocycles. The van der Waals surface area contributed by atoms with Crippen LogP contribution in [0.5, 0.6) is 0 Å². The highest BCUT2D eigenvalue weighted by Gasteiger charge is 2.25. The van der Waals surface area contributed by atoms with Crippen LogP contribution >= 0.6 is 15.9 Å². The van der Waals surface area contributed by atoms with Crippen molar-refractivity contribution >= 4 is 31.8 Å². The zero-order valence-electron chi connectivity index (χ0n) is 8.90. The largest absolute Gasteiger partial charge is 0.301 e. The fraction of sp³-hybridized carbons (Fsp3) is 0.400. The maximum atomic E-state index is 11.8. The molecular weight excluding hydrogens is 292 g/mol. The Morgan fingerprint density at radius 1 is 1.44 bits per heavy atom. The van der Waals surface area contributed by atoms with Crippen LogP contribution in [0.2, 0.25) is 0 Å². The van der Waals surface area contributed by atoms with Gasteiger partial charge in [-0.15, -0.1) is 0 Å². The summed E-state index contributed by atoms with van der Waals surface area (Å²) in [7, 11) is -3.34. The lowest BCUT2D eigenvalue weighted by molar-refractivity contribution is 0.560. The quantitative estimate of drug-likeness (QED) is 0.860. The maximum Gasteiger partial charge on any atom is 0.301 e. The summed E-state index contributed by atoms with van der Waals surface area (Å²) in [4.78, 5) is 0. The van der Waals surface area contributed by atoms with Crippen molar-refractivity contribution in [3.8, 4) is 0 Å². The van der Waals surface area contributed by atoms with Gasteiger partial charge in [0.2, 0.25) is 0 Å². The summed E-state index contributed by atoms with van der Waals surface area (Å²) in [6, 6.07) is 5.55. The van der Waals surface area contributed by atoms with Gasteiger partial charge in [-0.05, 0) is 37.1 Å². The highest BCUT2D eigenvalue weighted by Crippen LogP contribution is 2.25. The molecule has 0 aromatic heterocycles. The molecule has 1 N–H and O–H groups in total. The topological polar surface area (TPSA) is 49.4 Å². The molecule has 0 aliphatic carbocycles. The van der Waals surface area contributed by atoms with Crippen LogP contribution in [0.25, 0.3) is 0 Å². The molecule has 1 heterocycles. The van der Waals surface area contributed by atoms with E-state index in [4.69, 9.17) is 0 Å². The van der Waals surface area contributed by atoms with Crippen molar-refractivity contribution in [1.82, 2.24) is 4.72 Å². The van der Waals surface area contributed by atoms with E-state index >= 15 is 0 Å². The van der Waals surface area contributed by atoms with Crippen LogP contribution in [-0.4, -0.2) is 21.5 Å². The molecule has 1 aromatic rings. The maximum absolute atomic E-state index is 11.8. The van der Waals surface area contributed by atoms with E-state index in [1.165, 1.54) is 4.31 Å². The first-order valence-corrected chi connectivity index (χ1v) is 7.27. The van der Waals surface area contributed by atoms with Crippen molar-refractivity contribution in [1.29, 1.82) is 0 Å². The number of benzene rings is 1. The smallest absolute Gasteiger partial charge is 0.258 e. The average Bonchev–Trinajstić information content (AvgIpc) is 2.22. The van der Waals surface area contributed by atoms with Crippen LogP contribution in [0.4, 0.5) is 5.69 Å². The molecule has 0 bridgehead atoms. The van der Waals surface area contributed by atoms with Crippen LogP contribution < -0.4 is 9.03 Å². The normalized spacial score (nSPS) is 19.8. The average molecular weight is 305 g/mol. The zero-order valence-corrected chi connectivity index (χ0v) is 11.3. The van der Waals surface area contributed by atoms with Gasteiger partial charge in [-0.25, -0.2) is 0 Å². The first-order valence-electron chi connectivity index (χ1n) is 5.04. The first kappa shape index (κ1) is 11.9. The van der Waals surface area contributed by atoms with Gasteiger partial charge < -0.3 is 0 Å². The van der Waals surface area contributed by atoms with Gasteiger partial charge in [-0.1, -0.05) is 15.9 Å². The fourth-order valence-corrected chi connectivity index (χ4v) is 3.24. The van der Waals surface area contributed by atoms with Gasteiger partial charge in [-0.2, -0.15) is 13.1 Å². The molecule has 0 unspecified atom stereocenters. The summed E-state index contributed by atoms with van der Waals surface area (Å²) in [6.07, 6.45) is 0.828. The molecule has 0 amide bonds. The van der Waals surface area contributed by atoms with Gasteiger partial charge in [0.1, 0.15) is 0 Å². The van der Waals surface area contributed by atoms with Crippen LogP contribution in [0, 0.1) is 6.92 Å². The predicted molar refractivity (Wildman–Crippen MR) is 67.8 cm³/mol. The third-order valence-corrected chi connectivity index (χ3v) is 4.97. The highest BCUT2D eigenvalue weighted by atomic mass is 79.9. The summed E-state index contributed by atoms with van der Waals surface area (Å²) in [6.45, 7) is 3.00. The van der Waals surface area contributed by atoms with Crippen molar-refractivity contribution in [2.75, 3.05) is 17.4 Å². The van der Waals surface area contributed by atoms with E-state index in [9.17, 15) is 8.42 Å². The summed E-state index contributed by atoms with van der Waals surface area (Å²) in [5, 5.41) is 0. The number of nitrogens with one attached hydrogen (secondary N) is 1. The molecule has 1 saturated heterocycles. The Hall–Kier alpha value is -0.590. The molecule has 16 heavy (non-hydrogen) atoms. The molecule has 88 valence electrons. The first-order chi connectivity index (χ1) is 7.50. The summed E-state index contributed by atoms with van der Waals surface area (Å²) < 4.78 is 28.5. The van der Waals surface area contributed by atoms with Crippen LogP contribution in [0.15, 0.2) is 22.7 Å². The fourth-order valence-electron chi connectivity index (χ4n) is 1.67. The third-order valence-electron chi connectivity index (χ3n) is 2.54. The highest BCUT2D eigenvalue weighted by molar-refractivity contribution is 9.10. The molecule has 0 saturated carbocycles. The summed E-state index contributed by atoms with van der Waals surface area (Å²) >= 11 is 3.40. The van der Waals surface area contributed by atoms with E-state index in [0.29, 0.717) is 18.8 Å². The summed E-state index contributed by atoms with van der Waals surface area (Å²) in [5.74, 6) is 0. The molecular formula is C10H13BrN2O2S. The van der Waals surface area contributed by atoms with E-state index < -0.39 is 10.2 Å². The van der Waals surface area contributed by atoms with E-state index in [1.807, 2.05) is 25.1 Å². The lowest BCUT2D eigenvalue weighted by Crippen LogP contribution is -2.47. The van der Waals surface area contributed by atoms with Gasteiger partial charge in [-0.3, -0.25) is 4.31 Å². The third kappa shape index (κ3) is 2.23. The number of hydrogen-bond donors (Lipinski definition) is 1. The lowest BCUT2D eigenvalue weighted by atomic mass is 10.2. The van der Waals surface area contributed by atoms with Gasteiger partial charge >= 0.3 is 10.2 Å². The van der Waals surface area contributed by atoms with Crippen LogP contribution in [0.1, 0.15) is 12.0 Å². The molecule has 4 nitrogen and oxygen atoms in total. The minimum atomic E-state index is -3.34. The van der Waals surface area contributed by atoms with Crippen molar-refractivity contribution in [2.24, 2.45) is 0 Å². The van der Waals surface area contributed by atoms with Crippen LogP contribution in [0.3, 0.4) is 0 Å². The van der Waals surface area contributed by atoms with E-state index in [2.05, 4.69) is 20.7 Å². The number of hydrogen-bond acceptors (Lipinski definition) is 2. The second-order valence-electron chi connectivity index (χ2n) is 3.76. The predicted octanol–water partition coefficient (Wildman–Crippen LogP) is 1.80. The molecule has 6 heteroatoms. The Morgan fingerprint density at radius 2 is 2.19 bits per heavy atom. The monoisotopic (exact) mass is 304 g/mol. The summed E-state index contributed by atoms with van der Waals surface area (Å²) in [5.41, 5.74) is 1.74. The van der Waals surface area contributed by atoms with Gasteiger partial charge in [0.15, 0.2) is 0 Å². The second kappa shape index (κ2) is 4.35.